The number of carboxylic acids is 1. The van der Waals surface area contributed by atoms with Crippen molar-refractivity contribution in [3.05, 3.63) is 59.7 Å². The van der Waals surface area contributed by atoms with Crippen LogP contribution in [-0.2, 0) is 23.9 Å². The fraction of sp³-hybridized carbons (Fsp3) is 0.375. The summed E-state index contributed by atoms with van der Waals surface area (Å²) in [7, 11) is 4.77. The number of carbonyl (C=O) groups excluding carboxylic acids is 2. The van der Waals surface area contributed by atoms with Gasteiger partial charge in [0.05, 0.1) is 6.61 Å². The predicted molar refractivity (Wildman–Crippen MR) is 123 cm³/mol. The molecule has 2 atom stereocenters. The molecule has 10 heteroatoms. The summed E-state index contributed by atoms with van der Waals surface area (Å²) in [4.78, 5) is 42.9. The molecule has 2 aromatic carbocycles. The first kappa shape index (κ1) is 25.2. The second kappa shape index (κ2) is 11.6. The molecular weight excluding hydrogens is 442 g/mol. The molecule has 0 radical (unpaired) electrons. The average molecular weight is 472 g/mol. The van der Waals surface area contributed by atoms with Gasteiger partial charge in [0, 0.05) is 19.6 Å². The van der Waals surface area contributed by atoms with Gasteiger partial charge in [-0.15, -0.1) is 0 Å². The van der Waals surface area contributed by atoms with Crippen LogP contribution < -0.4 is 10.8 Å². The molecule has 0 aromatic heterocycles. The number of fused-ring (bicyclic) bond motifs is 3. The van der Waals surface area contributed by atoms with E-state index in [4.69, 9.17) is 19.4 Å². The number of nitrogens with zero attached hydrogens (tertiary/aromatic N) is 1. The summed E-state index contributed by atoms with van der Waals surface area (Å²) in [5.74, 6) is -2.13. The minimum absolute atomic E-state index is 0.0988. The van der Waals surface area contributed by atoms with Crippen LogP contribution in [0.15, 0.2) is 48.5 Å². The van der Waals surface area contributed by atoms with Crippen molar-refractivity contribution in [1.82, 2.24) is 15.7 Å². The summed E-state index contributed by atoms with van der Waals surface area (Å²) < 4.78 is 10.3. The van der Waals surface area contributed by atoms with Gasteiger partial charge in [-0.2, -0.15) is 0 Å². The molecule has 0 spiro atoms. The Balaban J connectivity index is 1.62. The Labute approximate surface area is 197 Å². The van der Waals surface area contributed by atoms with Crippen molar-refractivity contribution in [3.8, 4) is 11.1 Å². The predicted octanol–water partition coefficient (Wildman–Crippen LogP) is 1.60. The number of alkyl carbamates (subject to hydrolysis) is 1. The number of methoxy groups -OCH3 is 1. The molecular formula is C24H29N3O7. The molecule has 0 bridgehead atoms. The van der Waals surface area contributed by atoms with E-state index in [1.54, 1.807) is 19.0 Å². The van der Waals surface area contributed by atoms with E-state index in [0.717, 1.165) is 22.3 Å². The fourth-order valence-electron chi connectivity index (χ4n) is 3.85. The van der Waals surface area contributed by atoms with E-state index in [9.17, 15) is 14.4 Å². The number of ether oxygens (including phenoxy) is 2. The fourth-order valence-corrected chi connectivity index (χ4v) is 3.85. The number of nitrogens with one attached hydrogen (secondary N) is 2. The molecule has 0 saturated heterocycles. The first-order chi connectivity index (χ1) is 16.3. The largest absolute Gasteiger partial charge is 0.479 e. The Morgan fingerprint density at radius 1 is 1.03 bits per heavy atom. The van der Waals surface area contributed by atoms with Gasteiger partial charge in [-0.1, -0.05) is 48.5 Å². The average Bonchev–Trinajstić information content (AvgIpc) is 3.13. The van der Waals surface area contributed by atoms with Gasteiger partial charge in [-0.25, -0.2) is 15.1 Å². The van der Waals surface area contributed by atoms with Crippen LogP contribution in [0.2, 0.25) is 0 Å². The highest BCUT2D eigenvalue weighted by Crippen LogP contribution is 2.44. The van der Waals surface area contributed by atoms with Crippen LogP contribution in [0.5, 0.6) is 0 Å². The first-order valence-electron chi connectivity index (χ1n) is 10.7. The van der Waals surface area contributed by atoms with Crippen molar-refractivity contribution >= 4 is 18.0 Å². The van der Waals surface area contributed by atoms with E-state index in [1.165, 1.54) is 7.11 Å². The van der Waals surface area contributed by atoms with Crippen molar-refractivity contribution in [1.29, 1.82) is 0 Å². The van der Waals surface area contributed by atoms with Gasteiger partial charge >= 0.3 is 12.1 Å². The molecule has 10 nitrogen and oxygen atoms in total. The highest BCUT2D eigenvalue weighted by molar-refractivity contribution is 5.85. The van der Waals surface area contributed by atoms with Crippen LogP contribution in [0.3, 0.4) is 0 Å². The minimum Gasteiger partial charge on any atom is -0.479 e. The number of carbonyl (C=O) groups is 3. The summed E-state index contributed by atoms with van der Waals surface area (Å²) in [6, 6.07) is 14.9. The molecule has 2 aromatic rings. The Morgan fingerprint density at radius 2 is 1.62 bits per heavy atom. The minimum atomic E-state index is -1.39. The second-order valence-corrected chi connectivity index (χ2v) is 8.15. The molecule has 3 rings (SSSR count). The standard InChI is InChI=1S/C24H29N3O7/c1-27(2)12-20(22(28)26-34-21(14-32-3)23(29)30)25-24(31)33-13-19-17-10-6-4-8-15(17)16-9-5-7-11-18(16)19/h4-11,19-21H,12-14H2,1-3H3,(H,25,31)(H,26,28)(H,29,30)/t20-,21?/m0/s1. The lowest BCUT2D eigenvalue weighted by molar-refractivity contribution is -0.165. The summed E-state index contributed by atoms with van der Waals surface area (Å²) in [5, 5.41) is 11.6. The molecule has 182 valence electrons. The van der Waals surface area contributed by atoms with Crippen LogP contribution in [0.1, 0.15) is 17.0 Å². The maximum absolute atomic E-state index is 12.6. The third-order valence-electron chi connectivity index (χ3n) is 5.40. The van der Waals surface area contributed by atoms with E-state index in [0.29, 0.717) is 0 Å². The van der Waals surface area contributed by atoms with E-state index in [-0.39, 0.29) is 25.7 Å². The number of benzene rings is 2. The van der Waals surface area contributed by atoms with E-state index in [2.05, 4.69) is 10.8 Å². The quantitative estimate of drug-likeness (QED) is 0.422. The van der Waals surface area contributed by atoms with Crippen molar-refractivity contribution in [2.75, 3.05) is 41.0 Å². The van der Waals surface area contributed by atoms with Gasteiger partial charge in [0.25, 0.3) is 5.91 Å². The molecule has 2 amide bonds. The van der Waals surface area contributed by atoms with E-state index in [1.807, 2.05) is 48.5 Å². The first-order valence-corrected chi connectivity index (χ1v) is 10.7. The summed E-state index contributed by atoms with van der Waals surface area (Å²) in [6.45, 7) is -0.0171. The van der Waals surface area contributed by atoms with Crippen LogP contribution in [0, 0.1) is 0 Å². The van der Waals surface area contributed by atoms with Gasteiger partial charge in [0.2, 0.25) is 6.10 Å². The maximum Gasteiger partial charge on any atom is 0.407 e. The number of rotatable bonds is 11. The monoisotopic (exact) mass is 471 g/mol. The van der Waals surface area contributed by atoms with E-state index < -0.39 is 30.1 Å². The summed E-state index contributed by atoms with van der Waals surface area (Å²) in [6.07, 6.45) is -2.15. The number of amides is 2. The Hall–Kier alpha value is -3.47. The summed E-state index contributed by atoms with van der Waals surface area (Å²) in [5.41, 5.74) is 6.45. The summed E-state index contributed by atoms with van der Waals surface area (Å²) >= 11 is 0. The Morgan fingerprint density at radius 3 is 2.15 bits per heavy atom. The third-order valence-corrected chi connectivity index (χ3v) is 5.40. The van der Waals surface area contributed by atoms with Gasteiger partial charge in [-0.3, -0.25) is 9.63 Å². The zero-order valence-electron chi connectivity index (χ0n) is 19.3. The van der Waals surface area contributed by atoms with Crippen molar-refractivity contribution in [2.45, 2.75) is 18.1 Å². The second-order valence-electron chi connectivity index (χ2n) is 8.15. The molecule has 0 saturated carbocycles. The van der Waals surface area contributed by atoms with Crippen molar-refractivity contribution < 1.29 is 33.8 Å². The smallest absolute Gasteiger partial charge is 0.407 e. The zero-order chi connectivity index (χ0) is 24.7. The van der Waals surface area contributed by atoms with Gasteiger partial charge < -0.3 is 24.8 Å². The normalized spacial score (nSPS) is 14.1. The Kier molecular flexibility index (Phi) is 8.58. The van der Waals surface area contributed by atoms with Gasteiger partial charge in [0.15, 0.2) is 0 Å². The molecule has 3 N–H and O–H groups in total. The van der Waals surface area contributed by atoms with Crippen LogP contribution in [0.4, 0.5) is 4.79 Å². The lowest BCUT2D eigenvalue weighted by Gasteiger charge is -2.23. The molecule has 1 aliphatic rings. The highest BCUT2D eigenvalue weighted by atomic mass is 16.7. The van der Waals surface area contributed by atoms with Crippen molar-refractivity contribution in [2.24, 2.45) is 0 Å². The lowest BCUT2D eigenvalue weighted by Crippen LogP contribution is -2.53. The number of hydrogen-bond donors (Lipinski definition) is 3. The number of likely N-dealkylation sites (N-methyl/N-ethyl adjacent to an activating group) is 1. The third kappa shape index (κ3) is 6.10. The Bertz CT molecular complexity index is 982. The number of hydrogen-bond acceptors (Lipinski definition) is 7. The molecule has 0 heterocycles. The maximum atomic E-state index is 12.6. The van der Waals surface area contributed by atoms with Crippen LogP contribution in [-0.4, -0.2) is 81.1 Å². The highest BCUT2D eigenvalue weighted by Gasteiger charge is 2.30. The van der Waals surface area contributed by atoms with Crippen molar-refractivity contribution in [3.63, 3.8) is 0 Å². The molecule has 1 aliphatic carbocycles. The van der Waals surface area contributed by atoms with E-state index >= 15 is 0 Å². The molecule has 1 unspecified atom stereocenters. The number of carboxylic acid groups (broad SMARTS) is 1. The SMILES string of the molecule is COCC(ONC(=O)[C@H](CN(C)C)NC(=O)OCC1c2ccccc2-c2ccccc21)C(=O)O. The molecule has 34 heavy (non-hydrogen) atoms. The molecule has 0 fully saturated rings. The lowest BCUT2D eigenvalue weighted by atomic mass is 9.98. The number of hydroxylamine groups is 1. The topological polar surface area (TPSA) is 126 Å². The van der Waals surface area contributed by atoms with Gasteiger partial charge in [0.1, 0.15) is 12.6 Å². The van der Waals surface area contributed by atoms with Gasteiger partial charge in [-0.05, 0) is 36.3 Å². The number of aliphatic carboxylic acids is 1. The van der Waals surface area contributed by atoms with Crippen LogP contribution in [0.25, 0.3) is 11.1 Å². The van der Waals surface area contributed by atoms with Crippen LogP contribution >= 0.6 is 0 Å². The zero-order valence-corrected chi connectivity index (χ0v) is 19.3. The molecule has 0 aliphatic heterocycles.